The number of fused-ring (bicyclic) bond motifs is 1. The number of hydrogen-bond donors (Lipinski definition) is 0. The molecule has 0 bridgehead atoms. The van der Waals surface area contributed by atoms with Crippen molar-refractivity contribution in [1.29, 1.82) is 0 Å². The summed E-state index contributed by atoms with van der Waals surface area (Å²) in [6, 6.07) is 4.13. The van der Waals surface area contributed by atoms with Crippen molar-refractivity contribution in [3.63, 3.8) is 0 Å². The predicted octanol–water partition coefficient (Wildman–Crippen LogP) is 3.73. The maximum atomic E-state index is 12.2. The first kappa shape index (κ1) is 14.5. The first-order valence-electron chi connectivity index (χ1n) is 8.60. The molecule has 1 aliphatic heterocycles. The van der Waals surface area contributed by atoms with Crippen molar-refractivity contribution in [2.75, 3.05) is 13.1 Å². The Morgan fingerprint density at radius 3 is 2.91 bits per heavy atom. The maximum absolute atomic E-state index is 12.2. The molecule has 0 unspecified atom stereocenters. The van der Waals surface area contributed by atoms with Gasteiger partial charge in [0.25, 0.3) is 0 Å². The van der Waals surface area contributed by atoms with Crippen LogP contribution in [0.5, 0.6) is 0 Å². The molecule has 1 fully saturated rings. The van der Waals surface area contributed by atoms with Crippen LogP contribution in [-0.2, 0) is 11.2 Å². The van der Waals surface area contributed by atoms with Gasteiger partial charge >= 0.3 is 6.09 Å². The lowest BCUT2D eigenvalue weighted by molar-refractivity contribution is 0.0677. The molecule has 0 aromatic carbocycles. The van der Waals surface area contributed by atoms with Gasteiger partial charge in [0.2, 0.25) is 0 Å². The monoisotopic (exact) mass is 310 g/mol. The number of carbonyl (C=O) groups excluding carboxylic acids is 1. The summed E-state index contributed by atoms with van der Waals surface area (Å²) in [4.78, 5) is 18.5. The molecule has 2 heterocycles. The largest absolute Gasteiger partial charge is 0.446 e. The predicted molar refractivity (Wildman–Crippen MR) is 88.9 cm³/mol. The van der Waals surface area contributed by atoms with Crippen LogP contribution in [0.2, 0.25) is 0 Å². The number of hydrogen-bond acceptors (Lipinski definition) is 3. The molecule has 1 amide bonds. The van der Waals surface area contributed by atoms with Gasteiger partial charge in [0.15, 0.2) is 0 Å². The third kappa shape index (κ3) is 2.90. The summed E-state index contributed by atoms with van der Waals surface area (Å²) in [5.74, 6) is 0. The zero-order valence-corrected chi connectivity index (χ0v) is 13.3. The fourth-order valence-corrected chi connectivity index (χ4v) is 3.76. The highest BCUT2D eigenvalue weighted by Gasteiger charge is 2.26. The Labute approximate surface area is 136 Å². The lowest BCUT2D eigenvalue weighted by Gasteiger charge is -2.27. The van der Waals surface area contributed by atoms with Crippen molar-refractivity contribution in [1.82, 2.24) is 9.88 Å². The second-order valence-corrected chi connectivity index (χ2v) is 6.54. The van der Waals surface area contributed by atoms with Gasteiger partial charge in [-0.3, -0.25) is 4.98 Å². The minimum absolute atomic E-state index is 0.142. The van der Waals surface area contributed by atoms with E-state index in [-0.39, 0.29) is 12.2 Å². The molecular formula is C19H22N2O2. The van der Waals surface area contributed by atoms with Gasteiger partial charge in [0.05, 0.1) is 5.69 Å². The van der Waals surface area contributed by atoms with Crippen LogP contribution >= 0.6 is 0 Å². The standard InChI is InChI=1S/C19H22N2O2/c22-19(23-15-4-1-2-5-15)21-12-9-14(10-13-21)16-7-8-18-17(16)6-3-11-20-18/h3,6-7,9,11,15H,1-2,4-5,8,10,12-13H2. The zero-order valence-electron chi connectivity index (χ0n) is 13.3. The fourth-order valence-electron chi connectivity index (χ4n) is 3.76. The minimum atomic E-state index is -0.144. The van der Waals surface area contributed by atoms with E-state index in [4.69, 9.17) is 4.74 Å². The summed E-state index contributed by atoms with van der Waals surface area (Å²) in [7, 11) is 0. The quantitative estimate of drug-likeness (QED) is 0.836. The number of ether oxygens (including phenoxy) is 1. The highest BCUT2D eigenvalue weighted by molar-refractivity contribution is 5.83. The molecule has 3 aliphatic rings. The first-order chi connectivity index (χ1) is 11.3. The van der Waals surface area contributed by atoms with Gasteiger partial charge in [0, 0.05) is 31.3 Å². The van der Waals surface area contributed by atoms with E-state index in [1.807, 2.05) is 17.2 Å². The molecule has 1 aromatic heterocycles. The Hall–Kier alpha value is -2.10. The maximum Gasteiger partial charge on any atom is 0.410 e. The van der Waals surface area contributed by atoms with Crippen LogP contribution in [0.4, 0.5) is 4.79 Å². The Balaban J connectivity index is 1.41. The third-order valence-electron chi connectivity index (χ3n) is 5.06. The summed E-state index contributed by atoms with van der Waals surface area (Å²) in [5, 5.41) is 0. The van der Waals surface area contributed by atoms with E-state index in [0.717, 1.165) is 37.9 Å². The summed E-state index contributed by atoms with van der Waals surface area (Å²) < 4.78 is 5.60. The summed E-state index contributed by atoms with van der Waals surface area (Å²) in [5.41, 5.74) is 5.05. The van der Waals surface area contributed by atoms with Gasteiger partial charge in [-0.15, -0.1) is 0 Å². The molecular weight excluding hydrogens is 288 g/mol. The number of amides is 1. The molecule has 120 valence electrons. The van der Waals surface area contributed by atoms with E-state index in [1.54, 1.807) is 0 Å². The lowest BCUT2D eigenvalue weighted by atomic mass is 9.96. The van der Waals surface area contributed by atoms with Crippen LogP contribution < -0.4 is 0 Å². The van der Waals surface area contributed by atoms with Gasteiger partial charge in [0.1, 0.15) is 6.10 Å². The van der Waals surface area contributed by atoms with Crippen molar-refractivity contribution >= 4 is 11.7 Å². The molecule has 1 aromatic rings. The van der Waals surface area contributed by atoms with E-state index < -0.39 is 0 Å². The second-order valence-electron chi connectivity index (χ2n) is 6.54. The van der Waals surface area contributed by atoms with E-state index in [1.165, 1.54) is 29.6 Å². The number of allylic oxidation sites excluding steroid dienone is 2. The van der Waals surface area contributed by atoms with Gasteiger partial charge in [-0.25, -0.2) is 4.79 Å². The van der Waals surface area contributed by atoms with Crippen molar-refractivity contribution in [3.8, 4) is 0 Å². The molecule has 0 atom stereocenters. The Morgan fingerprint density at radius 2 is 2.13 bits per heavy atom. The fraction of sp³-hybridized carbons (Fsp3) is 0.474. The number of pyridine rings is 1. The Kier molecular flexibility index (Phi) is 3.90. The van der Waals surface area contributed by atoms with Crippen molar-refractivity contribution < 1.29 is 9.53 Å². The van der Waals surface area contributed by atoms with E-state index in [0.29, 0.717) is 6.54 Å². The molecule has 4 nitrogen and oxygen atoms in total. The highest BCUT2D eigenvalue weighted by Crippen LogP contribution is 2.34. The summed E-state index contributed by atoms with van der Waals surface area (Å²) in [6.07, 6.45) is 12.5. The highest BCUT2D eigenvalue weighted by atomic mass is 16.6. The number of nitrogens with zero attached hydrogens (tertiary/aromatic N) is 2. The topological polar surface area (TPSA) is 42.4 Å². The van der Waals surface area contributed by atoms with Crippen LogP contribution in [-0.4, -0.2) is 35.2 Å². The van der Waals surface area contributed by atoms with Crippen LogP contribution in [0.25, 0.3) is 5.57 Å². The molecule has 0 radical (unpaired) electrons. The van der Waals surface area contributed by atoms with Crippen LogP contribution in [0, 0.1) is 0 Å². The van der Waals surface area contributed by atoms with Crippen LogP contribution in [0.15, 0.2) is 36.1 Å². The van der Waals surface area contributed by atoms with Gasteiger partial charge < -0.3 is 9.64 Å². The van der Waals surface area contributed by atoms with E-state index in [9.17, 15) is 4.79 Å². The molecule has 2 aliphatic carbocycles. The number of carbonyl (C=O) groups is 1. The summed E-state index contributed by atoms with van der Waals surface area (Å²) >= 11 is 0. The van der Waals surface area contributed by atoms with E-state index in [2.05, 4.69) is 23.2 Å². The molecule has 1 saturated carbocycles. The number of rotatable bonds is 2. The lowest BCUT2D eigenvalue weighted by Crippen LogP contribution is -2.37. The Morgan fingerprint density at radius 1 is 1.26 bits per heavy atom. The molecule has 0 saturated heterocycles. The molecule has 0 spiro atoms. The number of aromatic nitrogens is 1. The van der Waals surface area contributed by atoms with Crippen molar-refractivity contribution in [2.24, 2.45) is 0 Å². The smallest absolute Gasteiger partial charge is 0.410 e. The third-order valence-corrected chi connectivity index (χ3v) is 5.06. The zero-order chi connectivity index (χ0) is 15.6. The first-order valence-corrected chi connectivity index (χ1v) is 8.60. The van der Waals surface area contributed by atoms with Gasteiger partial charge in [-0.1, -0.05) is 18.2 Å². The SMILES string of the molecule is O=C(OC1CCCC1)N1CC=C(C2=CCc3ncccc32)CC1. The van der Waals surface area contributed by atoms with E-state index >= 15 is 0 Å². The average molecular weight is 310 g/mol. The second kappa shape index (κ2) is 6.19. The van der Waals surface area contributed by atoms with Gasteiger partial charge in [-0.05, 0) is 49.3 Å². The molecule has 0 N–H and O–H groups in total. The minimum Gasteiger partial charge on any atom is -0.446 e. The molecule has 4 heteroatoms. The normalized spacial score (nSPS) is 21.0. The Bertz CT molecular complexity index is 672. The van der Waals surface area contributed by atoms with Crippen LogP contribution in [0.1, 0.15) is 43.4 Å². The molecule has 4 rings (SSSR count). The molecule has 23 heavy (non-hydrogen) atoms. The van der Waals surface area contributed by atoms with Crippen molar-refractivity contribution in [3.05, 3.63) is 47.3 Å². The average Bonchev–Trinajstić information content (AvgIpc) is 3.24. The summed E-state index contributed by atoms with van der Waals surface area (Å²) in [6.45, 7) is 1.39. The van der Waals surface area contributed by atoms with Crippen molar-refractivity contribution in [2.45, 2.75) is 44.6 Å². The van der Waals surface area contributed by atoms with Crippen LogP contribution in [0.3, 0.4) is 0 Å². The van der Waals surface area contributed by atoms with Gasteiger partial charge in [-0.2, -0.15) is 0 Å².